The number of ether oxygens (including phenoxy) is 2. The molecule has 9 nitrogen and oxygen atoms in total. The van der Waals surface area contributed by atoms with E-state index in [2.05, 4.69) is 4.84 Å². The van der Waals surface area contributed by atoms with Gasteiger partial charge in [-0.05, 0) is 30.2 Å². The number of hydrogen-bond donors (Lipinski definition) is 1. The summed E-state index contributed by atoms with van der Waals surface area (Å²) >= 11 is 0. The first kappa shape index (κ1) is 18.0. The third-order valence-electron chi connectivity index (χ3n) is 2.47. The fraction of sp³-hybridized carbons (Fsp3) is 0.286. The zero-order valence-electron chi connectivity index (χ0n) is 12.0. The molecule has 0 fully saturated rings. The van der Waals surface area contributed by atoms with Gasteiger partial charge in [0.2, 0.25) is 6.79 Å². The fourth-order valence-electron chi connectivity index (χ4n) is 1.43. The molecule has 0 atom stereocenters. The van der Waals surface area contributed by atoms with E-state index in [1.165, 1.54) is 6.08 Å². The number of benzene rings is 1. The number of esters is 1. The molecule has 0 spiro atoms. The Morgan fingerprint density at radius 2 is 1.96 bits per heavy atom. The van der Waals surface area contributed by atoms with Crippen molar-refractivity contribution in [1.29, 1.82) is 0 Å². The zero-order chi connectivity index (χ0) is 17.1. The lowest BCUT2D eigenvalue weighted by Crippen LogP contribution is -2.11. The van der Waals surface area contributed by atoms with Gasteiger partial charge in [-0.3, -0.25) is 4.79 Å². The first-order chi connectivity index (χ1) is 11.0. The molecule has 0 unspecified atom stereocenters. The molecule has 0 saturated carbocycles. The normalized spacial score (nSPS) is 10.3. The molecule has 0 radical (unpaired) electrons. The van der Waals surface area contributed by atoms with E-state index in [4.69, 9.17) is 14.6 Å². The summed E-state index contributed by atoms with van der Waals surface area (Å²) < 4.78 is 9.96. The van der Waals surface area contributed by atoms with E-state index in [9.17, 15) is 19.7 Å². The van der Waals surface area contributed by atoms with E-state index in [-0.39, 0.29) is 26.2 Å². The molecule has 0 aliphatic rings. The van der Waals surface area contributed by atoms with Crippen molar-refractivity contribution in [2.24, 2.45) is 0 Å². The van der Waals surface area contributed by atoms with Crippen LogP contribution in [0.1, 0.15) is 18.4 Å². The molecule has 0 aliphatic carbocycles. The van der Waals surface area contributed by atoms with Crippen molar-refractivity contribution in [3.05, 3.63) is 46.0 Å². The van der Waals surface area contributed by atoms with Crippen LogP contribution in [0.15, 0.2) is 30.3 Å². The van der Waals surface area contributed by atoms with Gasteiger partial charge in [0.05, 0.1) is 6.61 Å². The molecule has 0 saturated heterocycles. The van der Waals surface area contributed by atoms with Gasteiger partial charge >= 0.3 is 11.9 Å². The summed E-state index contributed by atoms with van der Waals surface area (Å²) in [5, 5.41) is 17.5. The highest BCUT2D eigenvalue weighted by molar-refractivity contribution is 5.85. The highest BCUT2D eigenvalue weighted by Crippen LogP contribution is 2.13. The van der Waals surface area contributed by atoms with Crippen molar-refractivity contribution < 1.29 is 34.1 Å². The molecule has 0 amide bonds. The number of carboxylic acids is 1. The standard InChI is InChI=1S/C14H15NO8/c16-13(17)8-5-11-3-6-12(7-4-11)21-10-22-14(18)2-1-9-23-15(19)20/h3-8H,1-2,9-10H2,(H,16,17). The van der Waals surface area contributed by atoms with Crippen LogP contribution in [0.4, 0.5) is 0 Å². The molecule has 23 heavy (non-hydrogen) atoms. The van der Waals surface area contributed by atoms with E-state index in [1.807, 2.05) is 0 Å². The van der Waals surface area contributed by atoms with Crippen molar-refractivity contribution in [3.8, 4) is 5.75 Å². The summed E-state index contributed by atoms with van der Waals surface area (Å²) in [6.45, 7) is -0.465. The minimum atomic E-state index is -1.04. The topological polar surface area (TPSA) is 125 Å². The molecule has 0 heterocycles. The first-order valence-electron chi connectivity index (χ1n) is 6.54. The summed E-state index contributed by atoms with van der Waals surface area (Å²) in [5.74, 6) is -1.15. The Balaban J connectivity index is 2.23. The summed E-state index contributed by atoms with van der Waals surface area (Å²) in [6.07, 6.45) is 2.60. The quantitative estimate of drug-likeness (QED) is 0.172. The molecule has 0 aliphatic heterocycles. The van der Waals surface area contributed by atoms with Gasteiger partial charge in [-0.2, -0.15) is 0 Å². The van der Waals surface area contributed by atoms with Gasteiger partial charge < -0.3 is 19.4 Å². The maximum atomic E-state index is 11.3. The van der Waals surface area contributed by atoms with Crippen LogP contribution in [-0.2, 0) is 19.2 Å². The van der Waals surface area contributed by atoms with Gasteiger partial charge in [-0.15, -0.1) is 10.1 Å². The molecular formula is C14H15NO8. The van der Waals surface area contributed by atoms with Crippen molar-refractivity contribution in [2.45, 2.75) is 12.8 Å². The summed E-state index contributed by atoms with van der Waals surface area (Å²) in [5.41, 5.74) is 0.683. The lowest BCUT2D eigenvalue weighted by Gasteiger charge is -2.07. The molecule has 9 heteroatoms. The average molecular weight is 325 g/mol. The number of carbonyl (C=O) groups is 2. The van der Waals surface area contributed by atoms with Crippen molar-refractivity contribution in [3.63, 3.8) is 0 Å². The number of nitrogens with zero attached hydrogens (tertiary/aromatic N) is 1. The van der Waals surface area contributed by atoms with Gasteiger partial charge in [0.1, 0.15) is 5.75 Å². The maximum absolute atomic E-state index is 11.3. The number of hydrogen-bond acceptors (Lipinski definition) is 7. The summed E-state index contributed by atoms with van der Waals surface area (Å²) in [6, 6.07) is 6.48. The molecule has 0 aromatic heterocycles. The lowest BCUT2D eigenvalue weighted by atomic mass is 10.2. The minimum absolute atomic E-state index is 0.0177. The highest BCUT2D eigenvalue weighted by Gasteiger charge is 2.04. The Kier molecular flexibility index (Phi) is 7.62. The van der Waals surface area contributed by atoms with Gasteiger partial charge in [0.25, 0.3) is 5.09 Å². The maximum Gasteiger partial charge on any atom is 0.328 e. The van der Waals surface area contributed by atoms with Crippen LogP contribution in [0.5, 0.6) is 5.75 Å². The molecular weight excluding hydrogens is 310 g/mol. The van der Waals surface area contributed by atoms with E-state index in [1.54, 1.807) is 24.3 Å². The lowest BCUT2D eigenvalue weighted by molar-refractivity contribution is -0.757. The van der Waals surface area contributed by atoms with Gasteiger partial charge in [-0.1, -0.05) is 12.1 Å². The second-order valence-electron chi connectivity index (χ2n) is 4.18. The van der Waals surface area contributed by atoms with Crippen molar-refractivity contribution in [1.82, 2.24) is 0 Å². The third kappa shape index (κ3) is 8.71. The Morgan fingerprint density at radius 1 is 1.26 bits per heavy atom. The van der Waals surface area contributed by atoms with Crippen LogP contribution in [0.3, 0.4) is 0 Å². The van der Waals surface area contributed by atoms with Crippen LogP contribution in [0.25, 0.3) is 6.08 Å². The fourth-order valence-corrected chi connectivity index (χ4v) is 1.43. The Morgan fingerprint density at radius 3 is 2.57 bits per heavy atom. The van der Waals surface area contributed by atoms with Crippen molar-refractivity contribution >= 4 is 18.0 Å². The van der Waals surface area contributed by atoms with Crippen molar-refractivity contribution in [2.75, 3.05) is 13.4 Å². The monoisotopic (exact) mass is 325 g/mol. The number of aliphatic carboxylic acids is 1. The molecule has 1 N–H and O–H groups in total. The second kappa shape index (κ2) is 9.77. The van der Waals surface area contributed by atoms with Gasteiger partial charge in [0.15, 0.2) is 0 Å². The van der Waals surface area contributed by atoms with Crippen LogP contribution < -0.4 is 4.74 Å². The molecule has 1 aromatic carbocycles. The predicted octanol–water partition coefficient (Wildman–Crippen LogP) is 1.65. The van der Waals surface area contributed by atoms with Crippen LogP contribution in [0.2, 0.25) is 0 Å². The third-order valence-corrected chi connectivity index (χ3v) is 2.47. The number of carbonyl (C=O) groups excluding carboxylic acids is 1. The molecule has 1 aromatic rings. The summed E-state index contributed by atoms with van der Waals surface area (Å²) in [4.78, 5) is 35.6. The predicted molar refractivity (Wildman–Crippen MR) is 76.9 cm³/mol. The Hall–Kier alpha value is -3.10. The van der Waals surface area contributed by atoms with E-state index in [0.29, 0.717) is 11.3 Å². The Bertz CT molecular complexity index is 567. The SMILES string of the molecule is O=C(O)C=Cc1ccc(OCOC(=O)CCCO[N+](=O)[O-])cc1. The number of carboxylic acid groups (broad SMARTS) is 1. The van der Waals surface area contributed by atoms with Crippen LogP contribution in [-0.4, -0.2) is 35.5 Å². The van der Waals surface area contributed by atoms with Gasteiger partial charge in [0, 0.05) is 12.5 Å². The van der Waals surface area contributed by atoms with Gasteiger partial charge in [-0.25, -0.2) is 4.79 Å². The smallest absolute Gasteiger partial charge is 0.328 e. The van der Waals surface area contributed by atoms with Crippen LogP contribution >= 0.6 is 0 Å². The highest BCUT2D eigenvalue weighted by atomic mass is 16.9. The average Bonchev–Trinajstić information content (AvgIpc) is 2.50. The van der Waals surface area contributed by atoms with E-state index in [0.717, 1.165) is 6.08 Å². The molecule has 0 bridgehead atoms. The first-order valence-corrected chi connectivity index (χ1v) is 6.54. The largest absolute Gasteiger partial charge is 0.478 e. The summed E-state index contributed by atoms with van der Waals surface area (Å²) in [7, 11) is 0. The van der Waals surface area contributed by atoms with E-state index < -0.39 is 17.0 Å². The molecule has 1 rings (SSSR count). The van der Waals surface area contributed by atoms with E-state index >= 15 is 0 Å². The zero-order valence-corrected chi connectivity index (χ0v) is 12.0. The van der Waals surface area contributed by atoms with Crippen LogP contribution in [0, 0.1) is 10.1 Å². The molecule has 124 valence electrons. The number of rotatable bonds is 10. The Labute approximate surface area is 131 Å². The minimum Gasteiger partial charge on any atom is -0.478 e. The second-order valence-corrected chi connectivity index (χ2v) is 4.18.